The Labute approximate surface area is 338 Å². The molecule has 5 aromatic rings. The topological polar surface area (TPSA) is 183 Å². The third kappa shape index (κ3) is 15.0. The Morgan fingerprint density at radius 3 is 2.02 bits per heavy atom. The first-order valence-electron chi connectivity index (χ1n) is 19.0. The molecule has 0 aliphatic carbocycles. The van der Waals surface area contributed by atoms with Crippen LogP contribution in [0.3, 0.4) is 0 Å². The summed E-state index contributed by atoms with van der Waals surface area (Å²) >= 11 is 1.43. The van der Waals surface area contributed by atoms with E-state index in [2.05, 4.69) is 49.5 Å². The Balaban J connectivity index is 0.000000220. The van der Waals surface area contributed by atoms with E-state index in [0.29, 0.717) is 12.9 Å². The molecule has 57 heavy (non-hydrogen) atoms. The molecule has 16 heteroatoms. The van der Waals surface area contributed by atoms with Gasteiger partial charge in [0.2, 0.25) is 24.1 Å². The molecule has 0 bridgehead atoms. The van der Waals surface area contributed by atoms with Gasteiger partial charge in [-0.2, -0.15) is 0 Å². The Morgan fingerprint density at radius 2 is 1.51 bits per heavy atom. The number of likely N-dealkylation sites (N-methyl/N-ethyl adjacent to an activating group) is 1. The number of benzene rings is 2. The van der Waals surface area contributed by atoms with Gasteiger partial charge in [0.25, 0.3) is 6.47 Å². The second-order valence-corrected chi connectivity index (χ2v) is 13.9. The third-order valence-corrected chi connectivity index (χ3v) is 9.40. The van der Waals surface area contributed by atoms with Gasteiger partial charge in [0.15, 0.2) is 4.96 Å². The van der Waals surface area contributed by atoms with Crippen LogP contribution < -0.4 is 16.0 Å². The summed E-state index contributed by atoms with van der Waals surface area (Å²) in [6, 6.07) is 17.8. The quantitative estimate of drug-likeness (QED) is 0.132. The zero-order chi connectivity index (χ0) is 41.4. The number of carbonyl (C=O) groups is 5. The van der Waals surface area contributed by atoms with Crippen molar-refractivity contribution < 1.29 is 28.7 Å². The van der Waals surface area contributed by atoms with E-state index in [0.717, 1.165) is 89.9 Å². The Kier molecular flexibility index (Phi) is 20.2. The highest BCUT2D eigenvalue weighted by molar-refractivity contribution is 7.21. The summed E-state index contributed by atoms with van der Waals surface area (Å²) in [5, 5.41) is 9.01. The molecular formula is C41H55N9O6S. The lowest BCUT2D eigenvalue weighted by Gasteiger charge is -2.23. The fourth-order valence-corrected chi connectivity index (χ4v) is 6.60. The number of rotatable bonds is 10. The molecule has 7 rings (SSSR count). The predicted octanol–water partition coefficient (Wildman–Crippen LogP) is 5.54. The SMILES string of the molecule is CC(=O)NCC(=O)N1CCCC1.CCC.CNC(C(=O)N1CCCC1)c1ccccc1.COC=O.O=CNc1cn2cc(-c3ccc(-c4cnc[nH]4)cc3)nc2s1. The summed E-state index contributed by atoms with van der Waals surface area (Å²) < 4.78 is 5.77. The number of nitrogens with zero attached hydrogens (tertiary/aromatic N) is 5. The van der Waals surface area contributed by atoms with Gasteiger partial charge < -0.3 is 35.5 Å². The molecule has 4 amide bonds. The average Bonchev–Trinajstić information content (AvgIpc) is 4.08. The van der Waals surface area contributed by atoms with Crippen molar-refractivity contribution in [2.24, 2.45) is 0 Å². The number of thiazole rings is 1. The van der Waals surface area contributed by atoms with Crippen LogP contribution in [0, 0.1) is 0 Å². The normalized spacial score (nSPS) is 13.2. The molecule has 2 fully saturated rings. The van der Waals surface area contributed by atoms with Crippen LogP contribution >= 0.6 is 11.3 Å². The van der Waals surface area contributed by atoms with Crippen molar-refractivity contribution in [3.63, 3.8) is 0 Å². The van der Waals surface area contributed by atoms with Crippen molar-refractivity contribution in [3.8, 4) is 22.5 Å². The molecule has 0 spiro atoms. The number of hydrogen-bond acceptors (Lipinski definition) is 10. The number of H-pyrrole nitrogens is 1. The van der Waals surface area contributed by atoms with E-state index in [9.17, 15) is 19.2 Å². The zero-order valence-corrected chi connectivity index (χ0v) is 34.2. The average molecular weight is 802 g/mol. The number of anilines is 1. The fraction of sp³-hybridized carbons (Fsp3) is 0.390. The smallest absolute Gasteiger partial charge is 0.292 e. The largest absolute Gasteiger partial charge is 0.471 e. The van der Waals surface area contributed by atoms with Gasteiger partial charge in [-0.15, -0.1) is 0 Å². The molecule has 1 atom stereocenters. The molecule has 2 aliphatic heterocycles. The first kappa shape index (κ1) is 45.5. The van der Waals surface area contributed by atoms with Crippen molar-refractivity contribution in [1.29, 1.82) is 0 Å². The molecule has 4 N–H and O–H groups in total. The number of carbonyl (C=O) groups excluding carboxylic acids is 5. The van der Waals surface area contributed by atoms with Crippen molar-refractivity contribution in [2.45, 2.75) is 58.9 Å². The number of ether oxygens (including phenoxy) is 1. The van der Waals surface area contributed by atoms with E-state index < -0.39 is 0 Å². The molecule has 0 radical (unpaired) electrons. The predicted molar refractivity (Wildman–Crippen MR) is 223 cm³/mol. The number of likely N-dealkylation sites (tertiary alicyclic amines) is 2. The van der Waals surface area contributed by atoms with Crippen molar-refractivity contribution in [2.75, 3.05) is 52.2 Å². The maximum atomic E-state index is 12.2. The standard InChI is InChI=1S/C15H11N5OS.C13H18N2O.C8H14N2O2.C3H8.C2H4O2/c21-9-18-14-7-20-6-13(19-15(20)22-14)11-3-1-10(2-4-11)12-5-16-8-17-12;1-14-12(11-7-3-2-4-8-11)13(16)15-9-5-6-10-15;1-7(11)9-6-8(12)10-4-2-3-5-10;1-3-2;1-4-2-3/h1-9H,(H,16,17)(H,18,21);2-4,7-8,12,14H,5-6,9-10H2,1H3;2-6H2,1H3,(H,9,11);3H2,1-2H3;2H,1H3. The Hall–Kier alpha value is -5.87. The molecule has 0 saturated carbocycles. The van der Waals surface area contributed by atoms with E-state index >= 15 is 0 Å². The number of methoxy groups -OCH3 is 1. The van der Waals surface area contributed by atoms with Crippen molar-refractivity contribution >= 4 is 51.9 Å². The molecule has 15 nitrogen and oxygen atoms in total. The highest BCUT2D eigenvalue weighted by Crippen LogP contribution is 2.28. The second kappa shape index (κ2) is 25.3. The number of amides is 4. The van der Waals surface area contributed by atoms with Crippen molar-refractivity contribution in [1.82, 2.24) is 39.8 Å². The van der Waals surface area contributed by atoms with Crippen molar-refractivity contribution in [3.05, 3.63) is 85.1 Å². The van der Waals surface area contributed by atoms with Gasteiger partial charge in [-0.1, -0.05) is 86.2 Å². The summed E-state index contributed by atoms with van der Waals surface area (Å²) in [5.41, 5.74) is 5.06. The minimum atomic E-state index is -0.195. The van der Waals surface area contributed by atoms with Crippen LogP contribution in [0.1, 0.15) is 64.5 Å². The lowest BCUT2D eigenvalue weighted by Crippen LogP contribution is -2.38. The molecular weight excluding hydrogens is 747 g/mol. The summed E-state index contributed by atoms with van der Waals surface area (Å²) in [7, 11) is 3.15. The van der Waals surface area contributed by atoms with E-state index in [1.165, 1.54) is 31.8 Å². The van der Waals surface area contributed by atoms with Gasteiger partial charge >= 0.3 is 0 Å². The van der Waals surface area contributed by atoms with Gasteiger partial charge in [-0.25, -0.2) is 9.97 Å². The van der Waals surface area contributed by atoms with Crippen LogP contribution in [0.25, 0.3) is 27.5 Å². The van der Waals surface area contributed by atoms with Crippen LogP contribution in [0.2, 0.25) is 0 Å². The van der Waals surface area contributed by atoms with E-state index in [1.807, 2.05) is 83.3 Å². The van der Waals surface area contributed by atoms with Gasteiger partial charge in [0.1, 0.15) is 11.0 Å². The molecule has 2 aliphatic rings. The summed E-state index contributed by atoms with van der Waals surface area (Å²) in [6.07, 6.45) is 13.6. The third-order valence-electron chi connectivity index (χ3n) is 8.48. The lowest BCUT2D eigenvalue weighted by atomic mass is 10.1. The Morgan fingerprint density at radius 1 is 0.912 bits per heavy atom. The molecule has 1 unspecified atom stereocenters. The van der Waals surface area contributed by atoms with Crippen LogP contribution in [0.4, 0.5) is 5.00 Å². The molecule has 3 aromatic heterocycles. The first-order chi connectivity index (χ1) is 27.7. The van der Waals surface area contributed by atoms with Gasteiger partial charge in [-0.05, 0) is 43.9 Å². The minimum Gasteiger partial charge on any atom is -0.471 e. The lowest BCUT2D eigenvalue weighted by molar-refractivity contribution is -0.132. The van der Waals surface area contributed by atoms with Gasteiger partial charge in [0, 0.05) is 51.1 Å². The number of imidazole rings is 2. The number of nitrogens with one attached hydrogen (secondary N) is 4. The monoisotopic (exact) mass is 801 g/mol. The number of aromatic nitrogens is 4. The van der Waals surface area contributed by atoms with E-state index in [4.69, 9.17) is 4.79 Å². The van der Waals surface area contributed by atoms with Gasteiger partial charge in [-0.3, -0.25) is 28.4 Å². The number of fused-ring (bicyclic) bond motifs is 1. The number of hydrogen-bond donors (Lipinski definition) is 4. The highest BCUT2D eigenvalue weighted by Gasteiger charge is 2.26. The van der Waals surface area contributed by atoms with Crippen LogP contribution in [0.5, 0.6) is 0 Å². The van der Waals surface area contributed by atoms with Crippen LogP contribution in [0.15, 0.2) is 79.5 Å². The molecule has 2 aromatic carbocycles. The molecule has 306 valence electrons. The Bertz CT molecular complexity index is 1890. The summed E-state index contributed by atoms with van der Waals surface area (Å²) in [5.74, 6) is 0.0800. The molecule has 2 saturated heterocycles. The minimum absolute atomic E-state index is 0.0303. The van der Waals surface area contributed by atoms with E-state index in [-0.39, 0.29) is 30.3 Å². The first-order valence-corrected chi connectivity index (χ1v) is 19.8. The summed E-state index contributed by atoms with van der Waals surface area (Å²) in [4.78, 5) is 69.7. The maximum Gasteiger partial charge on any atom is 0.292 e. The number of aromatic amines is 1. The van der Waals surface area contributed by atoms with Gasteiger partial charge in [0.05, 0.1) is 37.6 Å². The summed E-state index contributed by atoms with van der Waals surface area (Å²) in [6.45, 7) is 9.69. The highest BCUT2D eigenvalue weighted by atomic mass is 32.1. The second-order valence-electron chi connectivity index (χ2n) is 12.9. The fourth-order valence-electron chi connectivity index (χ4n) is 5.77. The van der Waals surface area contributed by atoms with E-state index in [1.54, 1.807) is 17.4 Å². The zero-order valence-electron chi connectivity index (χ0n) is 33.4. The molecule has 5 heterocycles. The maximum absolute atomic E-state index is 12.2. The van der Waals surface area contributed by atoms with Crippen LogP contribution in [-0.2, 0) is 28.7 Å². The van der Waals surface area contributed by atoms with Crippen LogP contribution in [-0.4, -0.2) is 107 Å².